The smallest absolute Gasteiger partial charge is 0.164 e. The Bertz CT molecular complexity index is 1250. The molecule has 0 fully saturated rings. The van der Waals surface area contributed by atoms with E-state index in [1.807, 2.05) is 12.4 Å². The number of carbonyl (C=O) groups is 1. The highest BCUT2D eigenvalue weighted by atomic mass is 16.1. The van der Waals surface area contributed by atoms with Gasteiger partial charge in [0.2, 0.25) is 0 Å². The number of nitrogens with one attached hydrogen (secondary N) is 1. The lowest BCUT2D eigenvalue weighted by atomic mass is 9.58. The Labute approximate surface area is 194 Å². The van der Waals surface area contributed by atoms with Crippen LogP contribution < -0.4 is 5.32 Å². The molecule has 6 nitrogen and oxygen atoms in total. The van der Waals surface area contributed by atoms with Crippen molar-refractivity contribution in [1.82, 2.24) is 15.1 Å². The first kappa shape index (κ1) is 20.6. The van der Waals surface area contributed by atoms with Gasteiger partial charge in [0.15, 0.2) is 11.9 Å². The zero-order chi connectivity index (χ0) is 22.8. The molecule has 0 saturated carbocycles. The normalized spacial score (nSPS) is 27.5. The molecule has 3 aliphatic heterocycles. The van der Waals surface area contributed by atoms with Gasteiger partial charge in [0.25, 0.3) is 0 Å². The second kappa shape index (κ2) is 7.24. The molecule has 170 valence electrons. The zero-order valence-electron chi connectivity index (χ0n) is 19.7. The largest absolute Gasteiger partial charge is 0.362 e. The molecule has 2 aromatic rings. The third kappa shape index (κ3) is 2.99. The van der Waals surface area contributed by atoms with Crippen LogP contribution in [0.25, 0.3) is 11.1 Å². The van der Waals surface area contributed by atoms with Gasteiger partial charge >= 0.3 is 0 Å². The van der Waals surface area contributed by atoms with Crippen molar-refractivity contribution in [2.45, 2.75) is 77.4 Å². The third-order valence-corrected chi connectivity index (χ3v) is 7.96. The molecule has 1 aliphatic carbocycles. The molecule has 33 heavy (non-hydrogen) atoms. The highest BCUT2D eigenvalue weighted by Gasteiger charge is 2.53. The number of ketones is 1. The third-order valence-electron chi connectivity index (χ3n) is 7.96. The van der Waals surface area contributed by atoms with Crippen molar-refractivity contribution in [1.29, 1.82) is 0 Å². The first-order chi connectivity index (χ1) is 15.9. The number of rotatable bonds is 3. The summed E-state index contributed by atoms with van der Waals surface area (Å²) >= 11 is 0. The minimum Gasteiger partial charge on any atom is -0.362 e. The Kier molecular flexibility index (Phi) is 4.51. The molecule has 1 aromatic heterocycles. The Morgan fingerprint density at radius 1 is 1.21 bits per heavy atom. The lowest BCUT2D eigenvalue weighted by molar-refractivity contribution is -0.119. The van der Waals surface area contributed by atoms with Crippen molar-refractivity contribution < 1.29 is 4.79 Å². The van der Waals surface area contributed by atoms with Crippen LogP contribution in [0, 0.1) is 5.41 Å². The van der Waals surface area contributed by atoms with E-state index in [9.17, 15) is 4.79 Å². The molecular formula is C27H31N5O. The van der Waals surface area contributed by atoms with Crippen molar-refractivity contribution >= 4 is 5.78 Å². The summed E-state index contributed by atoms with van der Waals surface area (Å²) in [6.45, 7) is 7.54. The van der Waals surface area contributed by atoms with E-state index in [0.717, 1.165) is 48.2 Å². The number of azo groups is 1. The maximum atomic E-state index is 13.7. The minimum atomic E-state index is -0.508. The molecule has 0 saturated heterocycles. The fourth-order valence-corrected chi connectivity index (χ4v) is 6.50. The van der Waals surface area contributed by atoms with E-state index < -0.39 is 5.41 Å². The predicted octanol–water partition coefficient (Wildman–Crippen LogP) is 5.46. The molecule has 2 atom stereocenters. The topological polar surface area (TPSA) is 71.6 Å². The van der Waals surface area contributed by atoms with Crippen molar-refractivity contribution in [2.75, 3.05) is 0 Å². The molecule has 1 N–H and O–H groups in total. The van der Waals surface area contributed by atoms with E-state index in [-0.39, 0.29) is 17.4 Å². The number of hydrogen-bond acceptors (Lipinski definition) is 5. The Morgan fingerprint density at radius 2 is 2.09 bits per heavy atom. The number of fused-ring (bicyclic) bond motifs is 2. The number of aromatic nitrogens is 2. The van der Waals surface area contributed by atoms with E-state index in [1.54, 1.807) is 0 Å². The Morgan fingerprint density at radius 3 is 2.94 bits per heavy atom. The average molecular weight is 442 g/mol. The highest BCUT2D eigenvalue weighted by Crippen LogP contribution is 2.54. The van der Waals surface area contributed by atoms with Gasteiger partial charge in [-0.15, -0.1) is 0 Å². The molecule has 0 bridgehead atoms. The summed E-state index contributed by atoms with van der Waals surface area (Å²) in [5.41, 5.74) is 7.37. The van der Waals surface area contributed by atoms with E-state index in [2.05, 4.69) is 70.4 Å². The summed E-state index contributed by atoms with van der Waals surface area (Å²) in [7, 11) is 0. The van der Waals surface area contributed by atoms with Gasteiger partial charge in [-0.3, -0.25) is 9.48 Å². The second-order valence-corrected chi connectivity index (χ2v) is 10.7. The number of benzene rings is 1. The molecule has 0 spiro atoms. The van der Waals surface area contributed by atoms with Crippen LogP contribution in [0.15, 0.2) is 63.7 Å². The van der Waals surface area contributed by atoms with Gasteiger partial charge in [0.1, 0.15) is 0 Å². The molecular weight excluding hydrogens is 410 g/mol. The molecule has 0 radical (unpaired) electrons. The summed E-state index contributed by atoms with van der Waals surface area (Å²) in [4.78, 5) is 13.7. The lowest BCUT2D eigenvalue weighted by Crippen LogP contribution is -2.51. The first-order valence-electron chi connectivity index (χ1n) is 12.2. The van der Waals surface area contributed by atoms with E-state index >= 15 is 0 Å². The molecule has 0 amide bonds. The number of hydrogen-bond donors (Lipinski definition) is 1. The van der Waals surface area contributed by atoms with E-state index in [0.29, 0.717) is 6.42 Å². The quantitative estimate of drug-likeness (QED) is 0.688. The minimum absolute atomic E-state index is 0.0571. The number of Topliss-reactive ketones (excluding diaryl/α,β-unsaturated/α-hetero) is 1. The molecule has 2 unspecified atom stereocenters. The summed E-state index contributed by atoms with van der Waals surface area (Å²) < 4.78 is 2.16. The van der Waals surface area contributed by atoms with Gasteiger partial charge in [0, 0.05) is 41.1 Å². The van der Waals surface area contributed by atoms with Crippen molar-refractivity contribution in [3.8, 4) is 11.1 Å². The van der Waals surface area contributed by atoms with E-state index in [1.165, 1.54) is 29.7 Å². The highest BCUT2D eigenvalue weighted by molar-refractivity contribution is 6.01. The number of allylic oxidation sites excluding steroid dienone is 2. The Balaban J connectivity index is 1.54. The van der Waals surface area contributed by atoms with Crippen LogP contribution in [0.2, 0.25) is 0 Å². The standard InChI is InChI=1S/C27H31N5O/c1-4-27(18-9-7-8-17(12-18)19-15-29-32-11-6-5-10-22(19)32)20-16-28-31-25(20)30-21-13-26(2,3)14-23(33)24(21)27/h7-9,12,15-16,25,30H,4-6,10-11,13-14H2,1-3H3. The summed E-state index contributed by atoms with van der Waals surface area (Å²) in [6, 6.07) is 8.78. The Hall–Kier alpha value is -3.02. The monoisotopic (exact) mass is 441 g/mol. The van der Waals surface area contributed by atoms with Gasteiger partial charge in [-0.2, -0.15) is 15.3 Å². The van der Waals surface area contributed by atoms with Crippen LogP contribution >= 0.6 is 0 Å². The fourth-order valence-electron chi connectivity index (χ4n) is 6.50. The molecule has 1 aromatic carbocycles. The average Bonchev–Trinajstić information content (AvgIpc) is 3.44. The van der Waals surface area contributed by atoms with Gasteiger partial charge in [-0.05, 0) is 54.7 Å². The van der Waals surface area contributed by atoms with Crippen LogP contribution in [0.4, 0.5) is 0 Å². The molecule has 4 heterocycles. The van der Waals surface area contributed by atoms with Crippen LogP contribution in [-0.2, 0) is 23.2 Å². The van der Waals surface area contributed by atoms with Gasteiger partial charge in [-0.25, -0.2) is 0 Å². The lowest BCUT2D eigenvalue weighted by Gasteiger charge is -2.47. The second-order valence-electron chi connectivity index (χ2n) is 10.7. The van der Waals surface area contributed by atoms with Crippen LogP contribution in [0.5, 0.6) is 0 Å². The maximum Gasteiger partial charge on any atom is 0.164 e. The van der Waals surface area contributed by atoms with Crippen LogP contribution in [-0.4, -0.2) is 21.7 Å². The van der Waals surface area contributed by atoms with Crippen molar-refractivity contribution in [3.63, 3.8) is 0 Å². The summed E-state index contributed by atoms with van der Waals surface area (Å²) in [5, 5.41) is 17.0. The van der Waals surface area contributed by atoms with Crippen LogP contribution in [0.3, 0.4) is 0 Å². The summed E-state index contributed by atoms with van der Waals surface area (Å²) in [6.07, 6.45) is 9.38. The molecule has 4 aliphatic rings. The number of aryl methyl sites for hydroxylation is 1. The molecule has 6 heteroatoms. The van der Waals surface area contributed by atoms with E-state index in [4.69, 9.17) is 0 Å². The SMILES string of the molecule is CCC1(c2cccc(-c3cnn4c3CCCC4)c2)C2=CN=NC2NC2=C1C(=O)CC(C)(C)C2. The first-order valence-corrected chi connectivity index (χ1v) is 12.2. The van der Waals surface area contributed by atoms with Crippen LogP contribution in [0.1, 0.15) is 64.1 Å². The maximum absolute atomic E-state index is 13.7. The molecule has 6 rings (SSSR count). The number of carbonyl (C=O) groups excluding carboxylic acids is 1. The summed E-state index contributed by atoms with van der Waals surface area (Å²) in [5.74, 6) is 0.246. The van der Waals surface area contributed by atoms with Gasteiger partial charge < -0.3 is 5.32 Å². The van der Waals surface area contributed by atoms with Gasteiger partial charge in [-0.1, -0.05) is 39.0 Å². The fraction of sp³-hybridized carbons (Fsp3) is 0.481. The van der Waals surface area contributed by atoms with Crippen molar-refractivity contribution in [3.05, 3.63) is 64.8 Å². The predicted molar refractivity (Wildman–Crippen MR) is 127 cm³/mol. The van der Waals surface area contributed by atoms with Crippen molar-refractivity contribution in [2.24, 2.45) is 15.6 Å². The zero-order valence-corrected chi connectivity index (χ0v) is 19.7. The van der Waals surface area contributed by atoms with Gasteiger partial charge in [0.05, 0.1) is 17.8 Å². The number of nitrogens with zero attached hydrogens (tertiary/aromatic N) is 4.